The lowest BCUT2D eigenvalue weighted by molar-refractivity contribution is -0.662. The highest BCUT2D eigenvalue weighted by molar-refractivity contribution is 8.00. The van der Waals surface area contributed by atoms with E-state index >= 15 is 0 Å². The number of carboxylic acids is 1. The van der Waals surface area contributed by atoms with E-state index in [0.717, 1.165) is 16.4 Å². The lowest BCUT2D eigenvalue weighted by Crippen LogP contribution is -2.71. The van der Waals surface area contributed by atoms with E-state index in [1.807, 2.05) is 0 Å². The standard InChI is InChI=1S/C21H19FN10O6S2/c22-3-5-38-28-13(16-27-21(23)40-29-16)17(34)26-14-18(35)31-15(20(36)37)10(8-39-19(14)31)6-30-7-11(24-9-33)32-12(30)2-1-4-25-32/h1-2,4,7,9,14,19H,3,5-6,8H2,(H4-,23,24,25,26,27,29,33,34,36,37)/b28-13-/t14-,19-/m1/s1. The minimum Gasteiger partial charge on any atom is -0.543 e. The molecule has 208 valence electrons. The highest BCUT2D eigenvalue weighted by atomic mass is 32.2. The van der Waals surface area contributed by atoms with Crippen LogP contribution in [-0.4, -0.2) is 84.2 Å². The van der Waals surface area contributed by atoms with Gasteiger partial charge in [-0.25, -0.2) is 8.96 Å². The van der Waals surface area contributed by atoms with Gasteiger partial charge in [-0.05, 0) is 6.07 Å². The van der Waals surface area contributed by atoms with Crippen LogP contribution in [-0.2, 0) is 30.6 Å². The third-order valence-corrected chi connectivity index (χ3v) is 7.70. The van der Waals surface area contributed by atoms with Gasteiger partial charge in [0.15, 0.2) is 11.3 Å². The second-order valence-electron chi connectivity index (χ2n) is 8.22. The lowest BCUT2D eigenvalue weighted by Gasteiger charge is -2.50. The van der Waals surface area contributed by atoms with Gasteiger partial charge in [0.1, 0.15) is 31.2 Å². The van der Waals surface area contributed by atoms with Gasteiger partial charge in [0, 0.05) is 28.9 Å². The van der Waals surface area contributed by atoms with Crippen molar-refractivity contribution in [3.63, 3.8) is 0 Å². The molecule has 2 atom stereocenters. The summed E-state index contributed by atoms with van der Waals surface area (Å²) in [5.41, 5.74) is 5.78. The normalized spacial score (nSPS) is 18.8. The number of nitrogens with zero attached hydrogens (tertiary/aromatic N) is 7. The van der Waals surface area contributed by atoms with Crippen LogP contribution in [0.25, 0.3) is 5.65 Å². The zero-order chi connectivity index (χ0) is 28.4. The van der Waals surface area contributed by atoms with E-state index in [-0.39, 0.29) is 29.0 Å². The van der Waals surface area contributed by atoms with E-state index in [4.69, 9.17) is 10.6 Å². The number of fused-ring (bicyclic) bond motifs is 2. The molecule has 16 nitrogen and oxygen atoms in total. The number of nitrogens with two attached hydrogens (primary N) is 1. The van der Waals surface area contributed by atoms with Crippen LogP contribution in [0.5, 0.6) is 0 Å². The van der Waals surface area contributed by atoms with Crippen LogP contribution in [0.4, 0.5) is 15.3 Å². The van der Waals surface area contributed by atoms with Crippen molar-refractivity contribution in [2.24, 2.45) is 5.16 Å². The molecular weight excluding hydrogens is 571 g/mol. The first-order valence-corrected chi connectivity index (χ1v) is 13.3. The lowest BCUT2D eigenvalue weighted by atomic mass is 10.0. The number of carbonyl (C=O) groups excluding carboxylic acids is 4. The Kier molecular flexibility index (Phi) is 7.56. The number of hydrogen-bond donors (Lipinski definition) is 3. The molecular formula is C21H19FN10O6S2. The molecule has 3 amide bonds. The summed E-state index contributed by atoms with van der Waals surface area (Å²) in [6.45, 7) is -1.23. The molecule has 0 saturated carbocycles. The molecule has 3 aromatic rings. The SMILES string of the molecule is Nc1nc(/C(=N/OCCF)C(=O)N[C@@H]2C(=O)N3C(C(=O)[O-])=C(C[n+]4cc(NC=O)n5ncccc54)CS[C@H]23)ns1. The number of alkyl halides is 1. The molecule has 1 saturated heterocycles. The highest BCUT2D eigenvalue weighted by Crippen LogP contribution is 2.40. The number of rotatable bonds is 11. The largest absolute Gasteiger partial charge is 0.543 e. The number of nitrogen functional groups attached to an aromatic ring is 1. The molecule has 2 aliphatic rings. The zero-order valence-electron chi connectivity index (χ0n) is 20.2. The minimum absolute atomic E-state index is 0.0460. The summed E-state index contributed by atoms with van der Waals surface area (Å²) in [5.74, 6) is -2.76. The van der Waals surface area contributed by atoms with Crippen LogP contribution >= 0.6 is 23.3 Å². The van der Waals surface area contributed by atoms with Crippen molar-refractivity contribution in [3.8, 4) is 0 Å². The van der Waals surface area contributed by atoms with Gasteiger partial charge in [-0.2, -0.15) is 9.36 Å². The number of β-lactam (4-membered cyclic amide) rings is 1. The average Bonchev–Trinajstić information content (AvgIpc) is 3.52. The fourth-order valence-corrected chi connectivity index (χ4v) is 5.96. The Morgan fingerprint density at radius 2 is 2.25 bits per heavy atom. The molecule has 19 heteroatoms. The number of halogens is 1. The Morgan fingerprint density at radius 3 is 2.95 bits per heavy atom. The second kappa shape index (κ2) is 11.2. The van der Waals surface area contributed by atoms with Crippen molar-refractivity contribution >= 4 is 69.8 Å². The smallest absolute Gasteiger partial charge is 0.309 e. The molecule has 5 heterocycles. The van der Waals surface area contributed by atoms with Crippen LogP contribution in [0.1, 0.15) is 5.82 Å². The Balaban J connectivity index is 1.38. The van der Waals surface area contributed by atoms with Gasteiger partial charge in [0.25, 0.3) is 17.6 Å². The summed E-state index contributed by atoms with van der Waals surface area (Å²) in [6.07, 6.45) is 3.60. The van der Waals surface area contributed by atoms with Crippen LogP contribution in [0, 0.1) is 0 Å². The predicted molar refractivity (Wildman–Crippen MR) is 135 cm³/mol. The fourth-order valence-electron chi connectivity index (χ4n) is 4.19. The van der Waals surface area contributed by atoms with Crippen molar-refractivity contribution in [2.45, 2.75) is 18.0 Å². The molecule has 40 heavy (non-hydrogen) atoms. The van der Waals surface area contributed by atoms with Crippen LogP contribution in [0.3, 0.4) is 0 Å². The summed E-state index contributed by atoms with van der Waals surface area (Å²) >= 11 is 2.03. The van der Waals surface area contributed by atoms with E-state index in [2.05, 4.69) is 30.2 Å². The zero-order valence-corrected chi connectivity index (χ0v) is 21.9. The number of aromatic nitrogens is 5. The van der Waals surface area contributed by atoms with Crippen molar-refractivity contribution in [1.29, 1.82) is 0 Å². The van der Waals surface area contributed by atoms with E-state index in [1.54, 1.807) is 22.9 Å². The molecule has 0 radical (unpaired) electrons. The number of nitrogens with one attached hydrogen (secondary N) is 2. The number of thioether (sulfide) groups is 1. The van der Waals surface area contributed by atoms with E-state index in [1.165, 1.54) is 22.5 Å². The number of aliphatic carboxylic acids is 1. The first kappa shape index (κ1) is 26.9. The monoisotopic (exact) mass is 590 g/mol. The summed E-state index contributed by atoms with van der Waals surface area (Å²) in [5, 5.41) is 24.3. The molecule has 0 aliphatic carbocycles. The van der Waals surface area contributed by atoms with Gasteiger partial charge in [-0.15, -0.1) is 11.8 Å². The van der Waals surface area contributed by atoms with E-state index in [9.17, 15) is 28.7 Å². The molecule has 2 aliphatic heterocycles. The number of hydrogen-bond acceptors (Lipinski definition) is 13. The van der Waals surface area contributed by atoms with Crippen LogP contribution < -0.4 is 26.0 Å². The molecule has 0 unspecified atom stereocenters. The predicted octanol–water partition coefficient (Wildman–Crippen LogP) is -2.58. The van der Waals surface area contributed by atoms with Crippen molar-refractivity contribution < 1.29 is 38.1 Å². The maximum absolute atomic E-state index is 13.1. The molecule has 0 spiro atoms. The number of carbonyl (C=O) groups is 4. The first-order chi connectivity index (χ1) is 19.3. The third kappa shape index (κ3) is 4.91. The average molecular weight is 591 g/mol. The molecule has 0 bridgehead atoms. The third-order valence-electron chi connectivity index (χ3n) is 5.82. The maximum atomic E-state index is 13.1. The summed E-state index contributed by atoms with van der Waals surface area (Å²) < 4.78 is 19.5. The summed E-state index contributed by atoms with van der Waals surface area (Å²) in [6, 6.07) is 2.30. The van der Waals surface area contributed by atoms with Gasteiger partial charge in [-0.1, -0.05) is 14.8 Å². The number of carboxylic acid groups (broad SMARTS) is 1. The quantitative estimate of drug-likeness (QED) is 0.0527. The van der Waals surface area contributed by atoms with Gasteiger partial charge < -0.3 is 25.8 Å². The Morgan fingerprint density at radius 1 is 1.43 bits per heavy atom. The number of anilines is 2. The minimum atomic E-state index is -1.56. The van der Waals surface area contributed by atoms with Crippen molar-refractivity contribution in [2.75, 3.05) is 30.1 Å². The summed E-state index contributed by atoms with van der Waals surface area (Å²) in [7, 11) is 0. The fraction of sp³-hybridized carbons (Fsp3) is 0.286. The van der Waals surface area contributed by atoms with Crippen molar-refractivity contribution in [3.05, 3.63) is 41.6 Å². The number of amides is 3. The van der Waals surface area contributed by atoms with Crippen molar-refractivity contribution in [1.82, 2.24) is 29.2 Å². The topological polar surface area (TPSA) is 213 Å². The van der Waals surface area contributed by atoms with Gasteiger partial charge in [-0.3, -0.25) is 24.6 Å². The molecule has 4 N–H and O–H groups in total. The molecule has 0 aromatic carbocycles. The number of oxime groups is 1. The highest BCUT2D eigenvalue weighted by Gasteiger charge is 2.53. The van der Waals surface area contributed by atoms with Crippen LogP contribution in [0.2, 0.25) is 0 Å². The Labute approximate surface area is 231 Å². The molecule has 5 rings (SSSR count). The van der Waals surface area contributed by atoms with Crippen LogP contribution in [0.15, 0.2) is 41.0 Å². The Bertz CT molecular complexity index is 1570. The first-order valence-electron chi connectivity index (χ1n) is 11.4. The van der Waals surface area contributed by atoms with E-state index < -0.39 is 48.2 Å². The molecule has 1 fully saturated rings. The summed E-state index contributed by atoms with van der Waals surface area (Å²) in [4.78, 5) is 59.0. The van der Waals surface area contributed by atoms with Gasteiger partial charge in [0.2, 0.25) is 17.9 Å². The maximum Gasteiger partial charge on any atom is 0.309 e. The Hall–Kier alpha value is -4.65. The van der Waals surface area contributed by atoms with E-state index in [0.29, 0.717) is 23.4 Å². The second-order valence-corrected chi connectivity index (χ2v) is 10.1. The van der Waals surface area contributed by atoms with Gasteiger partial charge in [0.05, 0.1) is 17.9 Å². The van der Waals surface area contributed by atoms with Gasteiger partial charge >= 0.3 is 5.65 Å². The number of imidazole rings is 1. The molecule has 3 aromatic heterocycles.